The highest BCUT2D eigenvalue weighted by Gasteiger charge is 2.42. The maximum atomic E-state index is 13.2. The van der Waals surface area contributed by atoms with Crippen LogP contribution in [0.25, 0.3) is 11.1 Å². The standard InChI is InChI=1S/C25H27ClN4O/c1-27-24(31)25(10-5-11-30(17-25)16-19-6-4-8-22(26)12-19)13-20-7-2-3-9-23(20)21-14-28-18-29-15-21/h2-4,6-9,12,14-15,18H,5,10-11,13,16-17H2,1H3,(H,27,31). The Labute approximate surface area is 188 Å². The van der Waals surface area contributed by atoms with E-state index in [1.165, 1.54) is 11.9 Å². The zero-order valence-corrected chi connectivity index (χ0v) is 18.5. The smallest absolute Gasteiger partial charge is 0.227 e. The topological polar surface area (TPSA) is 58.1 Å². The third-order valence-corrected chi connectivity index (χ3v) is 6.31. The second-order valence-electron chi connectivity index (χ2n) is 8.26. The fourth-order valence-electron chi connectivity index (χ4n) is 4.69. The summed E-state index contributed by atoms with van der Waals surface area (Å²) < 4.78 is 0. The minimum absolute atomic E-state index is 0.0995. The molecule has 0 radical (unpaired) electrons. The van der Waals surface area contributed by atoms with Crippen LogP contribution in [-0.4, -0.2) is 40.9 Å². The highest BCUT2D eigenvalue weighted by Crippen LogP contribution is 2.37. The Balaban J connectivity index is 1.63. The number of benzene rings is 2. The first kappa shape index (κ1) is 21.5. The number of carbonyl (C=O) groups excluding carboxylic acids is 1. The molecule has 0 saturated carbocycles. The predicted octanol–water partition coefficient (Wildman–Crippen LogP) is 4.37. The molecule has 0 aliphatic carbocycles. The summed E-state index contributed by atoms with van der Waals surface area (Å²) in [6.07, 6.45) is 7.69. The summed E-state index contributed by atoms with van der Waals surface area (Å²) in [7, 11) is 1.73. The SMILES string of the molecule is CNC(=O)C1(Cc2ccccc2-c2cncnc2)CCCN(Cc2cccc(Cl)c2)C1. The zero-order valence-electron chi connectivity index (χ0n) is 17.7. The highest BCUT2D eigenvalue weighted by atomic mass is 35.5. The van der Waals surface area contributed by atoms with Crippen molar-refractivity contribution in [2.24, 2.45) is 5.41 Å². The van der Waals surface area contributed by atoms with Gasteiger partial charge in [0.25, 0.3) is 0 Å². The maximum Gasteiger partial charge on any atom is 0.227 e. The van der Waals surface area contributed by atoms with Crippen molar-refractivity contribution in [1.82, 2.24) is 20.2 Å². The third kappa shape index (κ3) is 4.94. The monoisotopic (exact) mass is 434 g/mol. The van der Waals surface area contributed by atoms with E-state index in [0.717, 1.165) is 47.6 Å². The van der Waals surface area contributed by atoms with Crippen LogP contribution < -0.4 is 5.32 Å². The number of piperidine rings is 1. The summed E-state index contributed by atoms with van der Waals surface area (Å²) in [5.41, 5.74) is 3.87. The molecule has 5 nitrogen and oxygen atoms in total. The highest BCUT2D eigenvalue weighted by molar-refractivity contribution is 6.30. The molecule has 1 atom stereocenters. The molecule has 1 aliphatic rings. The van der Waals surface area contributed by atoms with Gasteiger partial charge >= 0.3 is 0 Å². The molecule has 31 heavy (non-hydrogen) atoms. The van der Waals surface area contributed by atoms with Gasteiger partial charge in [-0.15, -0.1) is 0 Å². The fraction of sp³-hybridized carbons (Fsp3) is 0.320. The van der Waals surface area contributed by atoms with Gasteiger partial charge < -0.3 is 5.32 Å². The first-order valence-electron chi connectivity index (χ1n) is 10.6. The van der Waals surface area contributed by atoms with Crippen LogP contribution in [0.3, 0.4) is 0 Å². The van der Waals surface area contributed by atoms with Gasteiger partial charge in [0.2, 0.25) is 5.91 Å². The van der Waals surface area contributed by atoms with E-state index in [2.05, 4.69) is 38.4 Å². The lowest BCUT2D eigenvalue weighted by atomic mass is 9.73. The van der Waals surface area contributed by atoms with Crippen molar-refractivity contribution >= 4 is 17.5 Å². The molecule has 3 aromatic rings. The number of rotatable bonds is 6. The number of halogens is 1. The van der Waals surface area contributed by atoms with Gasteiger partial charge in [-0.2, -0.15) is 0 Å². The number of amides is 1. The van der Waals surface area contributed by atoms with Gasteiger partial charge in [0.15, 0.2) is 0 Å². The van der Waals surface area contributed by atoms with Crippen LogP contribution in [-0.2, 0) is 17.8 Å². The molecular formula is C25H27ClN4O. The maximum absolute atomic E-state index is 13.2. The van der Waals surface area contributed by atoms with E-state index in [-0.39, 0.29) is 5.91 Å². The molecule has 160 valence electrons. The van der Waals surface area contributed by atoms with E-state index < -0.39 is 5.41 Å². The summed E-state index contributed by atoms with van der Waals surface area (Å²) >= 11 is 6.18. The average molecular weight is 435 g/mol. The second-order valence-corrected chi connectivity index (χ2v) is 8.70. The normalized spacial score (nSPS) is 19.2. The van der Waals surface area contributed by atoms with Crippen molar-refractivity contribution in [2.45, 2.75) is 25.8 Å². The quantitative estimate of drug-likeness (QED) is 0.626. The lowest BCUT2D eigenvalue weighted by Gasteiger charge is -2.42. The minimum Gasteiger partial charge on any atom is -0.359 e. The zero-order chi connectivity index (χ0) is 21.7. The Bertz CT molecular complexity index is 1040. The largest absolute Gasteiger partial charge is 0.359 e. The molecule has 0 bridgehead atoms. The molecule has 6 heteroatoms. The van der Waals surface area contributed by atoms with Gasteiger partial charge in [-0.25, -0.2) is 9.97 Å². The molecule has 1 unspecified atom stereocenters. The van der Waals surface area contributed by atoms with E-state index in [4.69, 9.17) is 11.6 Å². The van der Waals surface area contributed by atoms with E-state index in [1.807, 2.05) is 42.7 Å². The number of carbonyl (C=O) groups is 1. The average Bonchev–Trinajstić information content (AvgIpc) is 2.80. The Morgan fingerprint density at radius 3 is 2.74 bits per heavy atom. The van der Waals surface area contributed by atoms with E-state index in [1.54, 1.807) is 7.05 Å². The van der Waals surface area contributed by atoms with E-state index >= 15 is 0 Å². The number of nitrogens with zero attached hydrogens (tertiary/aromatic N) is 3. The molecule has 1 amide bonds. The minimum atomic E-state index is -0.489. The summed E-state index contributed by atoms with van der Waals surface area (Å²) in [4.78, 5) is 23.9. The molecule has 1 N–H and O–H groups in total. The lowest BCUT2D eigenvalue weighted by molar-refractivity contribution is -0.134. The van der Waals surface area contributed by atoms with Crippen LogP contribution in [0, 0.1) is 5.41 Å². The van der Waals surface area contributed by atoms with Gasteiger partial charge in [0, 0.05) is 43.1 Å². The summed E-state index contributed by atoms with van der Waals surface area (Å²) in [6, 6.07) is 16.2. The number of aromatic nitrogens is 2. The second kappa shape index (κ2) is 9.58. The van der Waals surface area contributed by atoms with Crippen LogP contribution in [0.15, 0.2) is 67.3 Å². The van der Waals surface area contributed by atoms with Gasteiger partial charge in [0.05, 0.1) is 5.41 Å². The molecule has 2 aromatic carbocycles. The Morgan fingerprint density at radius 1 is 1.16 bits per heavy atom. The van der Waals surface area contributed by atoms with Crippen LogP contribution in [0.1, 0.15) is 24.0 Å². The third-order valence-electron chi connectivity index (χ3n) is 6.08. The number of nitrogens with one attached hydrogen (secondary N) is 1. The van der Waals surface area contributed by atoms with Crippen LogP contribution in [0.2, 0.25) is 5.02 Å². The summed E-state index contributed by atoms with van der Waals surface area (Å²) in [5.74, 6) is 0.0995. The number of hydrogen-bond acceptors (Lipinski definition) is 4. The van der Waals surface area contributed by atoms with Gasteiger partial charge in [-0.3, -0.25) is 9.69 Å². The Hall–Kier alpha value is -2.76. The van der Waals surface area contributed by atoms with Gasteiger partial charge in [-0.05, 0) is 54.6 Å². The van der Waals surface area contributed by atoms with Gasteiger partial charge in [-0.1, -0.05) is 48.0 Å². The lowest BCUT2D eigenvalue weighted by Crippen LogP contribution is -2.52. The summed E-state index contributed by atoms with van der Waals surface area (Å²) in [6.45, 7) is 2.46. The molecule has 2 heterocycles. The summed E-state index contributed by atoms with van der Waals surface area (Å²) in [5, 5.41) is 3.68. The molecular weight excluding hydrogens is 408 g/mol. The first-order valence-corrected chi connectivity index (χ1v) is 11.0. The number of hydrogen-bond donors (Lipinski definition) is 1. The molecule has 1 aromatic heterocycles. The van der Waals surface area contributed by atoms with Crippen molar-refractivity contribution < 1.29 is 4.79 Å². The van der Waals surface area contributed by atoms with Crippen LogP contribution >= 0.6 is 11.6 Å². The van der Waals surface area contributed by atoms with E-state index in [9.17, 15) is 4.79 Å². The first-order chi connectivity index (χ1) is 15.1. The fourth-order valence-corrected chi connectivity index (χ4v) is 4.90. The van der Waals surface area contributed by atoms with Crippen molar-refractivity contribution in [1.29, 1.82) is 0 Å². The molecule has 0 spiro atoms. The van der Waals surface area contributed by atoms with Crippen LogP contribution in [0.5, 0.6) is 0 Å². The van der Waals surface area contributed by atoms with Crippen molar-refractivity contribution in [3.8, 4) is 11.1 Å². The Morgan fingerprint density at radius 2 is 1.97 bits per heavy atom. The van der Waals surface area contributed by atoms with Crippen molar-refractivity contribution in [2.75, 3.05) is 20.1 Å². The molecule has 1 saturated heterocycles. The molecule has 4 rings (SSSR count). The molecule has 1 aliphatic heterocycles. The molecule has 1 fully saturated rings. The van der Waals surface area contributed by atoms with Gasteiger partial charge in [0.1, 0.15) is 6.33 Å². The van der Waals surface area contributed by atoms with Crippen molar-refractivity contribution in [3.63, 3.8) is 0 Å². The van der Waals surface area contributed by atoms with Crippen molar-refractivity contribution in [3.05, 3.63) is 83.4 Å². The predicted molar refractivity (Wildman–Crippen MR) is 124 cm³/mol. The van der Waals surface area contributed by atoms with Crippen LogP contribution in [0.4, 0.5) is 0 Å². The Kier molecular flexibility index (Phi) is 6.64. The van der Waals surface area contributed by atoms with E-state index in [0.29, 0.717) is 13.0 Å². The number of likely N-dealkylation sites (tertiary alicyclic amines) is 1.